The maximum Gasteiger partial charge on any atom is 0.416 e. The minimum atomic E-state index is -4.97. The molecule has 5 nitrogen and oxygen atoms in total. The lowest BCUT2D eigenvalue weighted by Crippen LogP contribution is -2.42. The van der Waals surface area contributed by atoms with Crippen LogP contribution in [0.25, 0.3) is 10.9 Å². The van der Waals surface area contributed by atoms with E-state index in [0.29, 0.717) is 25.1 Å². The number of nitrogens with one attached hydrogen (secondary N) is 2. The number of amides is 1. The second-order valence-corrected chi connectivity index (χ2v) is 9.47. The topological polar surface area (TPSA) is 65.2 Å². The number of aromatic amines is 1. The Kier molecular flexibility index (Phi) is 11.0. The number of nitrogens with zero attached hydrogens (tertiary/aromatic N) is 1. The number of aryl methyl sites for hydroxylation is 1. The second-order valence-electron chi connectivity index (χ2n) is 9.47. The van der Waals surface area contributed by atoms with E-state index in [9.17, 15) is 35.9 Å². The third-order valence-corrected chi connectivity index (χ3v) is 6.14. The molecule has 1 atom stereocenters. The van der Waals surface area contributed by atoms with Gasteiger partial charge in [-0.05, 0) is 68.9 Å². The summed E-state index contributed by atoms with van der Waals surface area (Å²) >= 11 is 0. The van der Waals surface area contributed by atoms with E-state index in [-0.39, 0.29) is 55.6 Å². The van der Waals surface area contributed by atoms with Crippen LogP contribution in [0.2, 0.25) is 0 Å². The van der Waals surface area contributed by atoms with Crippen molar-refractivity contribution in [1.82, 2.24) is 15.2 Å². The number of H-pyrrole nitrogens is 1. The normalized spacial score (nSPS) is 12.8. The predicted octanol–water partition coefficient (Wildman–Crippen LogP) is 6.20. The number of hydrogen-bond acceptors (Lipinski definition) is 3. The molecule has 1 heterocycles. The van der Waals surface area contributed by atoms with Crippen molar-refractivity contribution < 1.29 is 35.9 Å². The molecule has 2 N–H and O–H groups in total. The number of ketones is 1. The largest absolute Gasteiger partial charge is 0.416 e. The van der Waals surface area contributed by atoms with Crippen LogP contribution in [0.3, 0.4) is 0 Å². The molecule has 0 saturated carbocycles. The average Bonchev–Trinajstić information content (AvgIpc) is 3.23. The Morgan fingerprint density at radius 1 is 0.949 bits per heavy atom. The lowest BCUT2D eigenvalue weighted by atomic mass is 9.95. The second kappa shape index (κ2) is 13.3. The Hall–Kier alpha value is -3.05. The summed E-state index contributed by atoms with van der Waals surface area (Å²) in [5.74, 6) is -0.842. The zero-order chi connectivity index (χ0) is 28.1. The maximum absolute atomic E-state index is 13.2. The summed E-state index contributed by atoms with van der Waals surface area (Å²) in [5.41, 5.74) is -1.54. The lowest BCUT2D eigenvalue weighted by Gasteiger charge is -2.19. The molecule has 1 amide bonds. The minimum Gasteiger partial charge on any atom is -0.361 e. The van der Waals surface area contributed by atoms with Gasteiger partial charge >= 0.3 is 12.4 Å². The standard InChI is InChI=1S/C27H29F6N3O2.ClH/c1-36(2)11-5-8-25(38)35-23(14-18-16-34-22-7-4-3-6-21(18)22)24(37)10-9-17-12-19(26(28,29)30)15-20(13-17)27(31,32)33;/h3-4,6-7,12-13,15-16,23,34H,5,8-11,14H2,1-2H3,(H,35,38);1H. The number of rotatable bonds is 11. The van der Waals surface area contributed by atoms with Crippen molar-refractivity contribution in [3.05, 3.63) is 70.9 Å². The van der Waals surface area contributed by atoms with Crippen molar-refractivity contribution in [2.75, 3.05) is 20.6 Å². The van der Waals surface area contributed by atoms with E-state index in [1.165, 1.54) is 0 Å². The molecule has 3 rings (SSSR count). The molecule has 0 spiro atoms. The summed E-state index contributed by atoms with van der Waals surface area (Å²) in [7, 11) is 3.72. The highest BCUT2D eigenvalue weighted by atomic mass is 35.5. The number of fused-ring (bicyclic) bond motifs is 1. The van der Waals surface area contributed by atoms with Gasteiger partial charge in [-0.2, -0.15) is 26.3 Å². The van der Waals surface area contributed by atoms with Gasteiger partial charge in [0, 0.05) is 36.4 Å². The first-order valence-corrected chi connectivity index (χ1v) is 12.0. The Morgan fingerprint density at radius 2 is 1.56 bits per heavy atom. The van der Waals surface area contributed by atoms with Gasteiger partial charge in [-0.15, -0.1) is 12.4 Å². The van der Waals surface area contributed by atoms with Crippen molar-refractivity contribution >= 4 is 35.0 Å². The lowest BCUT2D eigenvalue weighted by molar-refractivity contribution is -0.143. The van der Waals surface area contributed by atoms with Crippen LogP contribution in [0.15, 0.2) is 48.7 Å². The summed E-state index contributed by atoms with van der Waals surface area (Å²) in [5, 5.41) is 3.57. The number of aromatic nitrogens is 1. The molecule has 1 aromatic heterocycles. The highest BCUT2D eigenvalue weighted by Gasteiger charge is 2.37. The summed E-state index contributed by atoms with van der Waals surface area (Å²) in [6.07, 6.45) is -8.08. The van der Waals surface area contributed by atoms with Crippen LogP contribution in [0.4, 0.5) is 26.3 Å². The van der Waals surface area contributed by atoms with E-state index < -0.39 is 35.3 Å². The van der Waals surface area contributed by atoms with Gasteiger partial charge in [0.05, 0.1) is 17.2 Å². The molecule has 0 saturated heterocycles. The Bertz CT molecular complexity index is 1240. The number of carbonyl (C=O) groups is 2. The molecule has 39 heavy (non-hydrogen) atoms. The quantitative estimate of drug-likeness (QED) is 0.267. The molecule has 0 bridgehead atoms. The Morgan fingerprint density at radius 3 is 2.15 bits per heavy atom. The van der Waals surface area contributed by atoms with E-state index in [2.05, 4.69) is 10.3 Å². The van der Waals surface area contributed by atoms with Crippen LogP contribution in [0, 0.1) is 0 Å². The zero-order valence-corrected chi connectivity index (χ0v) is 22.2. The number of carbonyl (C=O) groups excluding carboxylic acids is 2. The number of hydrogen-bond donors (Lipinski definition) is 2. The van der Waals surface area contributed by atoms with E-state index in [1.54, 1.807) is 6.20 Å². The van der Waals surface area contributed by atoms with E-state index in [0.717, 1.165) is 16.5 Å². The molecule has 214 valence electrons. The summed E-state index contributed by atoms with van der Waals surface area (Å²) in [6.45, 7) is 0.658. The number of benzene rings is 2. The Balaban J connectivity index is 0.00000533. The molecular weight excluding hydrogens is 548 g/mol. The molecule has 3 aromatic rings. The molecular formula is C27H30ClF6N3O2. The first-order valence-electron chi connectivity index (χ1n) is 12.0. The number of halogens is 7. The van der Waals surface area contributed by atoms with Crippen LogP contribution in [-0.2, 0) is 34.8 Å². The van der Waals surface area contributed by atoms with Crippen LogP contribution >= 0.6 is 12.4 Å². The fourth-order valence-electron chi connectivity index (χ4n) is 4.19. The molecule has 0 aliphatic rings. The smallest absolute Gasteiger partial charge is 0.361 e. The van der Waals surface area contributed by atoms with Gasteiger partial charge in [-0.25, -0.2) is 0 Å². The van der Waals surface area contributed by atoms with Gasteiger partial charge in [0.2, 0.25) is 5.91 Å². The molecule has 0 fully saturated rings. The summed E-state index contributed by atoms with van der Waals surface area (Å²) in [6, 6.07) is 7.66. The van der Waals surface area contributed by atoms with Crippen molar-refractivity contribution in [2.45, 2.75) is 50.5 Å². The highest BCUT2D eigenvalue weighted by molar-refractivity contribution is 5.91. The molecule has 0 aliphatic carbocycles. The van der Waals surface area contributed by atoms with Crippen molar-refractivity contribution in [1.29, 1.82) is 0 Å². The van der Waals surface area contributed by atoms with Gasteiger partial charge in [0.25, 0.3) is 0 Å². The molecule has 1 unspecified atom stereocenters. The first-order chi connectivity index (χ1) is 17.7. The average molecular weight is 578 g/mol. The number of Topliss-reactive ketones (excluding diaryl/α,β-unsaturated/α-hetero) is 1. The third-order valence-electron chi connectivity index (χ3n) is 6.14. The predicted molar refractivity (Wildman–Crippen MR) is 139 cm³/mol. The molecule has 0 aliphatic heterocycles. The highest BCUT2D eigenvalue weighted by Crippen LogP contribution is 2.36. The van der Waals surface area contributed by atoms with Gasteiger partial charge in [0.15, 0.2) is 5.78 Å². The van der Waals surface area contributed by atoms with Gasteiger partial charge in [0.1, 0.15) is 0 Å². The first kappa shape index (κ1) is 32.2. The zero-order valence-electron chi connectivity index (χ0n) is 21.4. The monoisotopic (exact) mass is 577 g/mol. The van der Waals surface area contributed by atoms with Crippen molar-refractivity contribution in [2.24, 2.45) is 0 Å². The fraction of sp³-hybridized carbons (Fsp3) is 0.407. The van der Waals surface area contributed by atoms with Gasteiger partial charge in [-0.3, -0.25) is 9.59 Å². The third kappa shape index (κ3) is 9.28. The number of para-hydroxylation sites is 1. The molecule has 12 heteroatoms. The van der Waals surface area contributed by atoms with Crippen LogP contribution in [0.5, 0.6) is 0 Å². The van der Waals surface area contributed by atoms with E-state index in [4.69, 9.17) is 0 Å². The van der Waals surface area contributed by atoms with Gasteiger partial charge in [-0.1, -0.05) is 18.2 Å². The minimum absolute atomic E-state index is 0. The van der Waals surface area contributed by atoms with E-state index in [1.807, 2.05) is 43.3 Å². The SMILES string of the molecule is CN(C)CCCC(=O)NC(Cc1c[nH]c2ccccc12)C(=O)CCc1cc(C(F)(F)F)cc(C(F)(F)F)c1.Cl. The van der Waals surface area contributed by atoms with Crippen LogP contribution in [-0.4, -0.2) is 48.3 Å². The summed E-state index contributed by atoms with van der Waals surface area (Å²) < 4.78 is 79.3. The van der Waals surface area contributed by atoms with Crippen LogP contribution < -0.4 is 5.32 Å². The molecule has 2 aromatic carbocycles. The van der Waals surface area contributed by atoms with Crippen molar-refractivity contribution in [3.63, 3.8) is 0 Å². The Labute approximate surface area is 228 Å². The summed E-state index contributed by atoms with van der Waals surface area (Å²) in [4.78, 5) is 30.8. The maximum atomic E-state index is 13.2. The van der Waals surface area contributed by atoms with Crippen LogP contribution in [0.1, 0.15) is 41.5 Å². The van der Waals surface area contributed by atoms with Gasteiger partial charge < -0.3 is 15.2 Å². The fourth-order valence-corrected chi connectivity index (χ4v) is 4.19. The van der Waals surface area contributed by atoms with Crippen molar-refractivity contribution in [3.8, 4) is 0 Å². The van der Waals surface area contributed by atoms with E-state index >= 15 is 0 Å². The molecule has 0 radical (unpaired) electrons. The number of alkyl halides is 6.